The number of hydrogen-bond acceptors (Lipinski definition) is 14. The van der Waals surface area contributed by atoms with Crippen LogP contribution in [0.2, 0.25) is 0 Å². The number of anilines is 1. The highest BCUT2D eigenvalue weighted by molar-refractivity contribution is 7.86. The van der Waals surface area contributed by atoms with Crippen LogP contribution in [0.3, 0.4) is 0 Å². The largest absolute Gasteiger partial charge is 0.506 e. The van der Waals surface area contributed by atoms with Gasteiger partial charge in [0.1, 0.15) is 12.3 Å². The molecule has 26 heteroatoms. The minimum atomic E-state index is -4.53. The molecule has 1 aliphatic carbocycles. The van der Waals surface area contributed by atoms with Gasteiger partial charge in [-0.25, -0.2) is 4.79 Å². The third-order valence-electron chi connectivity index (χ3n) is 9.33. The molecule has 3 rings (SSSR count). The van der Waals surface area contributed by atoms with Gasteiger partial charge in [0.15, 0.2) is 5.71 Å². The van der Waals surface area contributed by atoms with Crippen molar-refractivity contribution in [1.82, 2.24) is 10.6 Å². The summed E-state index contributed by atoms with van der Waals surface area (Å²) in [7, 11) is -17.9. The molecule has 0 saturated heterocycles. The molecule has 0 heterocycles. The van der Waals surface area contributed by atoms with Gasteiger partial charge in [0.2, 0.25) is 11.5 Å². The van der Waals surface area contributed by atoms with E-state index in [-0.39, 0.29) is 70.7 Å². The van der Waals surface area contributed by atoms with E-state index in [9.17, 15) is 72.2 Å². The lowest BCUT2D eigenvalue weighted by Gasteiger charge is -2.29. The molecule has 2 aromatic carbocycles. The predicted octanol–water partition coefficient (Wildman–Crippen LogP) is 1.63. The minimum Gasteiger partial charge on any atom is -0.506 e. The molecule has 0 spiro atoms. The highest BCUT2D eigenvalue weighted by Crippen LogP contribution is 2.33. The monoisotopic (exact) mass is 963 g/mol. The van der Waals surface area contributed by atoms with Crippen LogP contribution in [0.25, 0.3) is 0 Å². The van der Waals surface area contributed by atoms with E-state index in [2.05, 4.69) is 10.6 Å². The average Bonchev–Trinajstić information content (AvgIpc) is 3.14. The molecule has 63 heavy (non-hydrogen) atoms. The van der Waals surface area contributed by atoms with Crippen molar-refractivity contribution in [3.63, 3.8) is 0 Å². The van der Waals surface area contributed by atoms with Crippen LogP contribution in [0.15, 0.2) is 65.1 Å². The van der Waals surface area contributed by atoms with Crippen LogP contribution in [-0.2, 0) is 45.3 Å². The lowest BCUT2D eigenvalue weighted by atomic mass is 9.86. The van der Waals surface area contributed by atoms with Gasteiger partial charge in [0.25, 0.3) is 52.3 Å². The minimum absolute atomic E-state index is 0.0121. The number of aromatic carboxylic acids is 1. The summed E-state index contributed by atoms with van der Waals surface area (Å²) in [6, 6.07) is 6.45. The van der Waals surface area contributed by atoms with Crippen molar-refractivity contribution in [3.05, 3.63) is 92.9 Å². The Morgan fingerprint density at radius 1 is 0.746 bits per heavy atom. The number of aryl methyl sites for hydroxylation is 1. The third-order valence-corrected chi connectivity index (χ3v) is 12.4. The molecule has 346 valence electrons. The summed E-state index contributed by atoms with van der Waals surface area (Å²) in [6.45, 7) is 4.49. The fourth-order valence-corrected chi connectivity index (χ4v) is 8.00. The van der Waals surface area contributed by atoms with Gasteiger partial charge in [0, 0.05) is 73.2 Å². The van der Waals surface area contributed by atoms with Crippen LogP contribution < -0.4 is 15.5 Å². The molecule has 0 unspecified atom stereocenters. The Morgan fingerprint density at radius 2 is 1.29 bits per heavy atom. The smallest absolute Gasteiger partial charge is 0.335 e. The van der Waals surface area contributed by atoms with E-state index in [4.69, 9.17) is 9.11 Å². The number of hydrogen-bond donors (Lipinski definition) is 8. The highest BCUT2D eigenvalue weighted by atomic mass is 32.2. The first-order valence-electron chi connectivity index (χ1n) is 18.5. The first-order valence-corrected chi connectivity index (χ1v) is 25.0. The molecule has 0 bridgehead atoms. The van der Waals surface area contributed by atoms with E-state index >= 15 is 0 Å². The number of Topliss-reactive ketones (excluding diaryl/α,β-unsaturated/α-hetero) is 1. The summed E-state index contributed by atoms with van der Waals surface area (Å²) >= 11 is 0. The predicted molar refractivity (Wildman–Crippen MR) is 228 cm³/mol. The lowest BCUT2D eigenvalue weighted by Crippen LogP contribution is -2.32. The molecule has 8 N–H and O–H groups in total. The molecular weight excluding hydrogens is 917 g/mol. The van der Waals surface area contributed by atoms with E-state index in [1.165, 1.54) is 61.8 Å². The number of carboxylic acid groups (broad SMARTS) is 1. The highest BCUT2D eigenvalue weighted by Gasteiger charge is 2.34. The standard InChI is InChI=1S/C37H46N4O18S4/c1-22-17-26(37(46)47)7-8-31(22)40(11-5-13-60(48,49)50)23(2)18-29-33(42)30(34(29)43)19-24(3)41(12-6-14-61(51,52)53)32-21-27(35(44)38-9-15-62(54,55)56)20-28(25(32)4)36(45)39-10-16-63(57,58)59/h7-8,17-21H,5-6,9-16H2,1-4H3,(H7-,38,39,42,43,44,45,46,47,48,49,50,51,52,53,54,55,56,57,58,59)/p+1. The number of nitrogens with one attached hydrogen (secondary N) is 2. The maximum Gasteiger partial charge on any atom is 0.335 e. The van der Waals surface area contributed by atoms with Gasteiger partial charge in [-0.1, -0.05) is 0 Å². The van der Waals surface area contributed by atoms with Crippen LogP contribution in [-0.4, -0.2) is 145 Å². The van der Waals surface area contributed by atoms with Crippen LogP contribution in [0, 0.1) is 13.8 Å². The van der Waals surface area contributed by atoms with Gasteiger partial charge >= 0.3 is 5.97 Å². The second-order valence-electron chi connectivity index (χ2n) is 14.2. The molecule has 2 amide bonds. The maximum atomic E-state index is 13.6. The van der Waals surface area contributed by atoms with Crippen molar-refractivity contribution >= 4 is 81.1 Å². The van der Waals surface area contributed by atoms with Crippen molar-refractivity contribution in [1.29, 1.82) is 0 Å². The Labute approximate surface area is 363 Å². The number of carbonyl (C=O) groups is 4. The zero-order valence-corrected chi connectivity index (χ0v) is 37.5. The Balaban J connectivity index is 2.22. The fourth-order valence-electron chi connectivity index (χ4n) is 6.29. The first kappa shape index (κ1) is 52.0. The molecule has 2 aromatic rings. The number of rotatable bonds is 22. The van der Waals surface area contributed by atoms with Gasteiger partial charge < -0.3 is 25.7 Å². The summed E-state index contributed by atoms with van der Waals surface area (Å²) in [5, 5.41) is 25.2. The topological polar surface area (TPSA) is 357 Å². The maximum absolute atomic E-state index is 13.6. The number of aliphatic hydroxyl groups excluding tert-OH is 1. The van der Waals surface area contributed by atoms with Crippen molar-refractivity contribution in [2.45, 2.75) is 40.5 Å². The Bertz CT molecular complexity index is 2770. The molecule has 22 nitrogen and oxygen atoms in total. The SMILES string of the molecule is C/C(=C\C1=C(O)C(=C/C(C)=[N+](\CCCS(=O)(=O)O)c2cc(C(=O)NCCS(=O)(=O)O)cc(C(=O)NCCS(=O)(=O)O)c2C)/C1=O)N(CCCS(=O)(=O)O)c1ccc(C(=O)O)cc1C. The number of allylic oxidation sites excluding steroid dienone is 5. The Hall–Kier alpha value is -5.35. The zero-order valence-electron chi connectivity index (χ0n) is 34.2. The second-order valence-corrected chi connectivity index (χ2v) is 20.5. The summed E-state index contributed by atoms with van der Waals surface area (Å²) in [4.78, 5) is 53.4. The molecule has 0 atom stereocenters. The summed E-state index contributed by atoms with van der Waals surface area (Å²) in [5.74, 6) is -7.48. The summed E-state index contributed by atoms with van der Waals surface area (Å²) in [5.41, 5.74) is 0.361. The molecule has 0 aliphatic heterocycles. The van der Waals surface area contributed by atoms with Gasteiger partial charge in [-0.05, 0) is 63.1 Å². The van der Waals surface area contributed by atoms with Crippen LogP contribution in [0.5, 0.6) is 0 Å². The number of ketones is 1. The van der Waals surface area contributed by atoms with Crippen molar-refractivity contribution in [2.24, 2.45) is 0 Å². The average molecular weight is 964 g/mol. The van der Waals surface area contributed by atoms with E-state index in [0.717, 1.165) is 6.07 Å². The van der Waals surface area contributed by atoms with Crippen molar-refractivity contribution < 1.29 is 85.8 Å². The van der Waals surface area contributed by atoms with Gasteiger partial charge in [-0.2, -0.15) is 38.2 Å². The van der Waals surface area contributed by atoms with Gasteiger partial charge in [-0.3, -0.25) is 32.6 Å². The number of aliphatic hydroxyl groups is 1. The molecule has 0 fully saturated rings. The number of amides is 2. The quantitative estimate of drug-likeness (QED) is 0.0360. The van der Waals surface area contributed by atoms with Gasteiger partial charge in [-0.15, -0.1) is 0 Å². The summed E-state index contributed by atoms with van der Waals surface area (Å²) < 4.78 is 130. The molecule has 0 radical (unpaired) electrons. The first-order chi connectivity index (χ1) is 28.9. The molecule has 1 aliphatic rings. The van der Waals surface area contributed by atoms with E-state index in [0.29, 0.717) is 16.9 Å². The second kappa shape index (κ2) is 20.9. The van der Waals surface area contributed by atoms with Crippen LogP contribution in [0.1, 0.15) is 68.9 Å². The van der Waals surface area contributed by atoms with Crippen molar-refractivity contribution in [2.75, 3.05) is 54.1 Å². The zero-order chi connectivity index (χ0) is 47.8. The van der Waals surface area contributed by atoms with Crippen LogP contribution >= 0.6 is 0 Å². The Kier molecular flexibility index (Phi) is 17.2. The van der Waals surface area contributed by atoms with E-state index < -0.39 is 106 Å². The Morgan fingerprint density at radius 3 is 1.79 bits per heavy atom. The van der Waals surface area contributed by atoms with Crippen molar-refractivity contribution in [3.8, 4) is 0 Å². The third kappa shape index (κ3) is 15.7. The number of carboxylic acids is 1. The number of carbonyl (C=O) groups excluding carboxylic acids is 3. The van der Waals surface area contributed by atoms with E-state index in [1.807, 2.05) is 0 Å². The fraction of sp³-hybridized carbons (Fsp3) is 0.378. The number of benzene rings is 2. The molecule has 0 saturated carbocycles. The van der Waals surface area contributed by atoms with Crippen LogP contribution in [0.4, 0.5) is 11.4 Å². The summed E-state index contributed by atoms with van der Waals surface area (Å²) in [6.07, 6.45) is 2.12. The normalized spacial score (nSPS) is 14.9. The number of nitrogens with zero attached hydrogens (tertiary/aromatic N) is 2. The van der Waals surface area contributed by atoms with Gasteiger partial charge in [0.05, 0.1) is 39.7 Å². The molecular formula is C37H47N4O18S4+. The molecule has 0 aromatic heterocycles. The van der Waals surface area contributed by atoms with E-state index in [1.54, 1.807) is 11.8 Å². The lowest BCUT2D eigenvalue weighted by molar-refractivity contribution is -0.440.